The number of esters is 1. The van der Waals surface area contributed by atoms with Crippen molar-refractivity contribution in [3.8, 4) is 0 Å². The molecule has 0 spiro atoms. The van der Waals surface area contributed by atoms with Gasteiger partial charge < -0.3 is 24.3 Å². The van der Waals surface area contributed by atoms with Gasteiger partial charge in [-0.15, -0.1) is 17.9 Å². The lowest BCUT2D eigenvalue weighted by Crippen LogP contribution is -2.37. The summed E-state index contributed by atoms with van der Waals surface area (Å²) in [5.41, 5.74) is 0.260. The molecule has 0 fully saturated rings. The molecule has 0 aromatic carbocycles. The molecule has 0 amide bonds. The van der Waals surface area contributed by atoms with Gasteiger partial charge in [-0.2, -0.15) is 0 Å². The van der Waals surface area contributed by atoms with Gasteiger partial charge in [0.1, 0.15) is 15.5 Å². The molecule has 2 heterocycles. The molecular formula is C21H31N3O6S. The number of carbonyl (C=O) groups is 1. The van der Waals surface area contributed by atoms with Gasteiger partial charge in [-0.1, -0.05) is 6.08 Å². The molecule has 9 nitrogen and oxygen atoms in total. The second-order valence-electron chi connectivity index (χ2n) is 7.41. The Bertz CT molecular complexity index is 939. The van der Waals surface area contributed by atoms with Gasteiger partial charge in [0, 0.05) is 20.2 Å². The van der Waals surface area contributed by atoms with Crippen molar-refractivity contribution in [3.63, 3.8) is 0 Å². The van der Waals surface area contributed by atoms with Crippen LogP contribution in [0, 0.1) is 6.92 Å². The van der Waals surface area contributed by atoms with Gasteiger partial charge in [-0.25, -0.2) is 9.78 Å². The molecule has 0 bridgehead atoms. The number of hydrogen-bond donors (Lipinski definition) is 2. The smallest absolute Gasteiger partial charge is 0.348 e. The van der Waals surface area contributed by atoms with Crippen LogP contribution in [0.2, 0.25) is 0 Å². The van der Waals surface area contributed by atoms with Crippen LogP contribution in [0.4, 0.5) is 0 Å². The third-order valence-electron chi connectivity index (χ3n) is 4.38. The molecule has 0 aliphatic rings. The molecule has 0 unspecified atom stereocenters. The molecule has 0 aliphatic carbocycles. The number of aryl methyl sites for hydroxylation is 1. The summed E-state index contributed by atoms with van der Waals surface area (Å²) in [5, 5.41) is 10.6. The van der Waals surface area contributed by atoms with Crippen LogP contribution in [-0.4, -0.2) is 78.2 Å². The summed E-state index contributed by atoms with van der Waals surface area (Å²) in [7, 11) is 1.60. The van der Waals surface area contributed by atoms with E-state index in [9.17, 15) is 14.7 Å². The van der Waals surface area contributed by atoms with E-state index in [1.807, 2.05) is 4.90 Å². The largest absolute Gasteiger partial charge is 0.459 e. The Balaban J connectivity index is 2.23. The van der Waals surface area contributed by atoms with Crippen molar-refractivity contribution in [2.24, 2.45) is 0 Å². The first kappa shape index (κ1) is 25.2. The first-order valence-electron chi connectivity index (χ1n) is 10.1. The number of thiophene rings is 1. The number of aromatic amines is 1. The van der Waals surface area contributed by atoms with E-state index in [4.69, 9.17) is 14.2 Å². The summed E-state index contributed by atoms with van der Waals surface area (Å²) < 4.78 is 15.7. The Morgan fingerprint density at radius 3 is 2.81 bits per heavy atom. The fraction of sp³-hybridized carbons (Fsp3) is 0.571. The van der Waals surface area contributed by atoms with Crippen LogP contribution in [0.15, 0.2) is 17.4 Å². The number of H-pyrrole nitrogens is 1. The van der Waals surface area contributed by atoms with Crippen LogP contribution in [0.5, 0.6) is 0 Å². The fourth-order valence-corrected chi connectivity index (χ4v) is 4.11. The molecule has 1 atom stereocenters. The van der Waals surface area contributed by atoms with Crippen LogP contribution < -0.4 is 5.56 Å². The van der Waals surface area contributed by atoms with E-state index in [0.717, 1.165) is 11.3 Å². The Labute approximate surface area is 185 Å². The number of aromatic nitrogens is 2. The van der Waals surface area contributed by atoms with E-state index >= 15 is 0 Å². The Morgan fingerprint density at radius 1 is 1.42 bits per heavy atom. The summed E-state index contributed by atoms with van der Waals surface area (Å²) in [5.74, 6) is -0.0151. The molecule has 0 saturated heterocycles. The average molecular weight is 454 g/mol. The molecule has 2 aromatic heterocycles. The molecule has 2 N–H and O–H groups in total. The molecule has 0 aliphatic heterocycles. The minimum absolute atomic E-state index is 0.171. The van der Waals surface area contributed by atoms with Crippen molar-refractivity contribution < 1.29 is 24.1 Å². The number of aliphatic hydroxyl groups excluding tert-OH is 1. The molecular weight excluding hydrogens is 422 g/mol. The van der Waals surface area contributed by atoms with Gasteiger partial charge in [0.25, 0.3) is 5.56 Å². The number of carbonyl (C=O) groups excluding carboxylic acids is 1. The van der Waals surface area contributed by atoms with E-state index in [1.54, 1.807) is 34.0 Å². The van der Waals surface area contributed by atoms with Crippen molar-refractivity contribution in [1.82, 2.24) is 14.9 Å². The topological polar surface area (TPSA) is 114 Å². The average Bonchev–Trinajstić information content (AvgIpc) is 3.02. The number of nitrogens with one attached hydrogen (secondary N) is 1. The minimum Gasteiger partial charge on any atom is -0.459 e. The normalized spacial score (nSPS) is 12.6. The maximum Gasteiger partial charge on any atom is 0.348 e. The van der Waals surface area contributed by atoms with Gasteiger partial charge in [0.2, 0.25) is 0 Å². The van der Waals surface area contributed by atoms with Crippen molar-refractivity contribution in [2.45, 2.75) is 39.5 Å². The molecule has 2 rings (SSSR count). The summed E-state index contributed by atoms with van der Waals surface area (Å²) in [6, 6.07) is 0. The van der Waals surface area contributed by atoms with Crippen molar-refractivity contribution in [3.05, 3.63) is 39.3 Å². The van der Waals surface area contributed by atoms with Crippen LogP contribution >= 0.6 is 11.3 Å². The quantitative estimate of drug-likeness (QED) is 0.268. The number of aliphatic hydroxyl groups is 1. The summed E-state index contributed by atoms with van der Waals surface area (Å²) in [6.45, 7) is 11.0. The summed E-state index contributed by atoms with van der Waals surface area (Å²) in [6.07, 6.45) is 0.650. The highest BCUT2D eigenvalue weighted by Gasteiger charge is 2.22. The first-order valence-corrected chi connectivity index (χ1v) is 10.9. The lowest BCUT2D eigenvalue weighted by atomic mass is 10.2. The van der Waals surface area contributed by atoms with Crippen molar-refractivity contribution >= 4 is 27.5 Å². The van der Waals surface area contributed by atoms with Gasteiger partial charge in [0.05, 0.1) is 44.0 Å². The Morgan fingerprint density at radius 2 is 2.16 bits per heavy atom. The highest BCUT2D eigenvalue weighted by atomic mass is 32.1. The lowest BCUT2D eigenvalue weighted by molar-refractivity contribution is 0.0188. The molecule has 31 heavy (non-hydrogen) atoms. The van der Waals surface area contributed by atoms with E-state index in [2.05, 4.69) is 16.5 Å². The Kier molecular flexibility index (Phi) is 9.79. The fourth-order valence-electron chi connectivity index (χ4n) is 3.03. The van der Waals surface area contributed by atoms with Crippen LogP contribution in [0.25, 0.3) is 10.2 Å². The Hall–Kier alpha value is -2.11. The van der Waals surface area contributed by atoms with Crippen molar-refractivity contribution in [1.29, 1.82) is 0 Å². The monoisotopic (exact) mass is 453 g/mol. The number of rotatable bonds is 13. The summed E-state index contributed by atoms with van der Waals surface area (Å²) >= 11 is 1.15. The zero-order valence-electron chi connectivity index (χ0n) is 18.5. The SMILES string of the molecule is C=CCOC[C@H](O)CN(CCOC)Cc1nc2sc(C(=O)OC(C)C)c(C)c2c(=O)[nH]1. The predicted octanol–water partition coefficient (Wildman–Crippen LogP) is 1.87. The number of ether oxygens (including phenoxy) is 3. The third-order valence-corrected chi connectivity index (χ3v) is 5.54. The van der Waals surface area contributed by atoms with Crippen LogP contribution in [-0.2, 0) is 20.8 Å². The minimum atomic E-state index is -0.714. The summed E-state index contributed by atoms with van der Waals surface area (Å²) in [4.78, 5) is 35.2. The van der Waals surface area contributed by atoms with Gasteiger partial charge in [-0.3, -0.25) is 9.69 Å². The second kappa shape index (κ2) is 12.1. The maximum atomic E-state index is 12.7. The number of fused-ring (bicyclic) bond motifs is 1. The molecule has 0 radical (unpaired) electrons. The van der Waals surface area contributed by atoms with Gasteiger partial charge in [0.15, 0.2) is 0 Å². The maximum absolute atomic E-state index is 12.7. The number of hydrogen-bond acceptors (Lipinski definition) is 9. The highest BCUT2D eigenvalue weighted by molar-refractivity contribution is 7.20. The third kappa shape index (κ3) is 7.22. The zero-order chi connectivity index (χ0) is 23.0. The predicted molar refractivity (Wildman–Crippen MR) is 120 cm³/mol. The first-order chi connectivity index (χ1) is 14.8. The highest BCUT2D eigenvalue weighted by Crippen LogP contribution is 2.28. The molecule has 10 heteroatoms. The number of nitrogens with zero attached hydrogens (tertiary/aromatic N) is 2. The molecule has 172 valence electrons. The van der Waals surface area contributed by atoms with Gasteiger partial charge in [-0.05, 0) is 26.3 Å². The van der Waals surface area contributed by atoms with E-state index < -0.39 is 12.1 Å². The second-order valence-corrected chi connectivity index (χ2v) is 8.41. The molecule has 2 aromatic rings. The zero-order valence-corrected chi connectivity index (χ0v) is 19.3. The number of methoxy groups -OCH3 is 1. The standard InChI is InChI=1S/C21H31N3O6S/c1-6-8-29-12-15(25)10-24(7-9-28-5)11-16-22-19(26)17-14(4)18(31-20(17)23-16)21(27)30-13(2)3/h6,13,15,25H,1,7-12H2,2-5H3,(H,22,23,26)/t15-/m1/s1. The van der Waals surface area contributed by atoms with E-state index in [1.165, 1.54) is 0 Å². The van der Waals surface area contributed by atoms with Crippen LogP contribution in [0.3, 0.4) is 0 Å². The van der Waals surface area contributed by atoms with Crippen LogP contribution in [0.1, 0.15) is 34.9 Å². The molecule has 0 saturated carbocycles. The van der Waals surface area contributed by atoms with E-state index in [-0.39, 0.29) is 18.3 Å². The van der Waals surface area contributed by atoms with Crippen molar-refractivity contribution in [2.75, 3.05) is 40.0 Å². The lowest BCUT2D eigenvalue weighted by Gasteiger charge is -2.24. The van der Waals surface area contributed by atoms with Gasteiger partial charge >= 0.3 is 5.97 Å². The van der Waals surface area contributed by atoms with E-state index in [0.29, 0.717) is 59.3 Å².